The van der Waals surface area contributed by atoms with E-state index < -0.39 is 0 Å². The van der Waals surface area contributed by atoms with Gasteiger partial charge in [-0.3, -0.25) is 9.59 Å². The summed E-state index contributed by atoms with van der Waals surface area (Å²) in [6.45, 7) is 0.217. The van der Waals surface area contributed by atoms with E-state index in [1.807, 2.05) is 0 Å². The Bertz CT molecular complexity index is 608. The van der Waals surface area contributed by atoms with E-state index in [1.54, 1.807) is 42.7 Å². The Morgan fingerprint density at radius 3 is 2.71 bits per heavy atom. The van der Waals surface area contributed by atoms with Gasteiger partial charge in [0.15, 0.2) is 0 Å². The van der Waals surface area contributed by atoms with E-state index in [9.17, 15) is 9.59 Å². The van der Waals surface area contributed by atoms with Crippen molar-refractivity contribution in [1.29, 1.82) is 0 Å². The molecule has 2 rings (SSSR count). The molecule has 2 aromatic rings. The molecule has 0 aliphatic heterocycles. The molecule has 6 heteroatoms. The summed E-state index contributed by atoms with van der Waals surface area (Å²) in [5.41, 5.74) is 0.824. The number of carbonyl (C=O) groups excluding carboxylic acids is 2. The Morgan fingerprint density at radius 1 is 1.19 bits per heavy atom. The molecule has 1 aromatic carbocycles. The first-order valence-corrected chi connectivity index (χ1v) is 6.39. The summed E-state index contributed by atoms with van der Waals surface area (Å²) < 4.78 is 9.89. The van der Waals surface area contributed by atoms with Crippen LogP contribution >= 0.6 is 0 Å². The minimum Gasteiger partial charge on any atom is -0.467 e. The van der Waals surface area contributed by atoms with Crippen molar-refractivity contribution in [2.45, 2.75) is 6.54 Å². The SMILES string of the molecule is COCC(=O)Nc1ccccc1C(=O)NCc1ccco1. The molecule has 2 amide bonds. The quantitative estimate of drug-likeness (QED) is 0.849. The lowest BCUT2D eigenvalue weighted by Gasteiger charge is -2.10. The van der Waals surface area contributed by atoms with E-state index >= 15 is 0 Å². The number of hydrogen-bond donors (Lipinski definition) is 2. The van der Waals surface area contributed by atoms with Crippen molar-refractivity contribution in [1.82, 2.24) is 5.32 Å². The van der Waals surface area contributed by atoms with Crippen LogP contribution < -0.4 is 10.6 Å². The summed E-state index contributed by atoms with van der Waals surface area (Å²) in [6, 6.07) is 10.3. The van der Waals surface area contributed by atoms with Gasteiger partial charge >= 0.3 is 0 Å². The van der Waals surface area contributed by atoms with Crippen LogP contribution in [-0.2, 0) is 16.1 Å². The van der Waals surface area contributed by atoms with Crippen molar-refractivity contribution in [3.8, 4) is 0 Å². The molecule has 0 unspecified atom stereocenters. The maximum Gasteiger partial charge on any atom is 0.253 e. The Balaban J connectivity index is 2.04. The molecule has 0 spiro atoms. The lowest BCUT2D eigenvalue weighted by molar-refractivity contribution is -0.119. The van der Waals surface area contributed by atoms with Crippen molar-refractivity contribution >= 4 is 17.5 Å². The Hall–Kier alpha value is -2.60. The molecule has 0 fully saturated rings. The molecule has 0 saturated heterocycles. The molecule has 0 bridgehead atoms. The first-order chi connectivity index (χ1) is 10.2. The molecule has 1 aromatic heterocycles. The van der Waals surface area contributed by atoms with Gasteiger partial charge in [0.2, 0.25) is 5.91 Å². The van der Waals surface area contributed by atoms with Gasteiger partial charge in [0, 0.05) is 7.11 Å². The topological polar surface area (TPSA) is 80.6 Å². The van der Waals surface area contributed by atoms with Crippen LogP contribution in [0.2, 0.25) is 0 Å². The molecule has 0 radical (unpaired) electrons. The van der Waals surface area contributed by atoms with Crippen LogP contribution in [0.5, 0.6) is 0 Å². The van der Waals surface area contributed by atoms with Gasteiger partial charge in [-0.2, -0.15) is 0 Å². The first kappa shape index (κ1) is 14.8. The number of amides is 2. The molecule has 110 valence electrons. The smallest absolute Gasteiger partial charge is 0.253 e. The first-order valence-electron chi connectivity index (χ1n) is 6.39. The standard InChI is InChI=1S/C15H16N2O4/c1-20-10-14(18)17-13-7-3-2-6-12(13)15(19)16-9-11-5-4-8-21-11/h2-8H,9-10H2,1H3,(H,16,19)(H,17,18). The summed E-state index contributed by atoms with van der Waals surface area (Å²) >= 11 is 0. The van der Waals surface area contributed by atoms with Crippen LogP contribution in [0.1, 0.15) is 16.1 Å². The minimum atomic E-state index is -0.316. The fraction of sp³-hybridized carbons (Fsp3) is 0.200. The van der Waals surface area contributed by atoms with Crippen LogP contribution in [0.4, 0.5) is 5.69 Å². The van der Waals surface area contributed by atoms with Gasteiger partial charge in [-0.05, 0) is 24.3 Å². The number of methoxy groups -OCH3 is 1. The zero-order valence-electron chi connectivity index (χ0n) is 11.6. The lowest BCUT2D eigenvalue weighted by atomic mass is 10.1. The normalized spacial score (nSPS) is 10.1. The summed E-state index contributed by atoms with van der Waals surface area (Å²) in [5.74, 6) is 0.0488. The Kier molecular flexibility index (Phi) is 5.11. The molecule has 0 aliphatic rings. The largest absolute Gasteiger partial charge is 0.467 e. The molecule has 0 saturated carbocycles. The van der Waals surface area contributed by atoms with Gasteiger partial charge < -0.3 is 19.8 Å². The number of rotatable bonds is 6. The van der Waals surface area contributed by atoms with E-state index in [2.05, 4.69) is 10.6 Å². The molecular weight excluding hydrogens is 272 g/mol. The van der Waals surface area contributed by atoms with Gasteiger partial charge in [0.1, 0.15) is 12.4 Å². The van der Waals surface area contributed by atoms with Gasteiger partial charge in [-0.1, -0.05) is 12.1 Å². The minimum absolute atomic E-state index is 0.0671. The van der Waals surface area contributed by atoms with Crippen molar-refractivity contribution < 1.29 is 18.7 Å². The molecule has 0 aliphatic carbocycles. The summed E-state index contributed by atoms with van der Waals surface area (Å²) in [5, 5.41) is 5.37. The predicted octanol–water partition coefficient (Wildman–Crippen LogP) is 1.79. The number of hydrogen-bond acceptors (Lipinski definition) is 4. The molecule has 0 atom stereocenters. The summed E-state index contributed by atoms with van der Waals surface area (Å²) in [6.07, 6.45) is 1.54. The van der Waals surface area contributed by atoms with Gasteiger partial charge in [-0.25, -0.2) is 0 Å². The second-order valence-electron chi connectivity index (χ2n) is 4.29. The highest BCUT2D eigenvalue weighted by atomic mass is 16.5. The lowest BCUT2D eigenvalue weighted by Crippen LogP contribution is -2.25. The third-order valence-corrected chi connectivity index (χ3v) is 2.72. The Labute approximate surface area is 122 Å². The van der Waals surface area contributed by atoms with E-state index in [-0.39, 0.29) is 25.0 Å². The third kappa shape index (κ3) is 4.19. The number of ether oxygens (including phenoxy) is 1. The number of benzene rings is 1. The van der Waals surface area contributed by atoms with Gasteiger partial charge in [-0.15, -0.1) is 0 Å². The fourth-order valence-corrected chi connectivity index (χ4v) is 1.78. The number of furan rings is 1. The van der Waals surface area contributed by atoms with Crippen LogP contribution in [0, 0.1) is 0 Å². The summed E-state index contributed by atoms with van der Waals surface area (Å²) in [4.78, 5) is 23.7. The third-order valence-electron chi connectivity index (χ3n) is 2.72. The zero-order valence-corrected chi connectivity index (χ0v) is 11.6. The number of para-hydroxylation sites is 1. The molecular formula is C15H16N2O4. The van der Waals surface area contributed by atoms with Gasteiger partial charge in [0.05, 0.1) is 24.1 Å². The number of anilines is 1. The van der Waals surface area contributed by atoms with Crippen molar-refractivity contribution in [2.75, 3.05) is 19.0 Å². The second kappa shape index (κ2) is 7.25. The van der Waals surface area contributed by atoms with Crippen LogP contribution in [0.25, 0.3) is 0 Å². The van der Waals surface area contributed by atoms with Gasteiger partial charge in [0.25, 0.3) is 5.91 Å². The highest BCUT2D eigenvalue weighted by molar-refractivity contribution is 6.03. The van der Waals surface area contributed by atoms with Crippen LogP contribution in [0.3, 0.4) is 0 Å². The van der Waals surface area contributed by atoms with E-state index in [4.69, 9.17) is 9.15 Å². The fourth-order valence-electron chi connectivity index (χ4n) is 1.78. The highest BCUT2D eigenvalue weighted by Gasteiger charge is 2.13. The number of nitrogens with one attached hydrogen (secondary N) is 2. The van der Waals surface area contributed by atoms with Crippen molar-refractivity contribution in [2.24, 2.45) is 0 Å². The average molecular weight is 288 g/mol. The molecule has 1 heterocycles. The average Bonchev–Trinajstić information content (AvgIpc) is 2.99. The molecule has 2 N–H and O–H groups in total. The Morgan fingerprint density at radius 2 is 2.00 bits per heavy atom. The molecule has 21 heavy (non-hydrogen) atoms. The predicted molar refractivity (Wildman–Crippen MR) is 76.8 cm³/mol. The zero-order chi connectivity index (χ0) is 15.1. The van der Waals surface area contributed by atoms with E-state index in [0.717, 1.165) is 0 Å². The number of carbonyl (C=O) groups is 2. The maximum absolute atomic E-state index is 12.2. The monoisotopic (exact) mass is 288 g/mol. The molecule has 6 nitrogen and oxygen atoms in total. The van der Waals surface area contributed by atoms with Crippen LogP contribution in [-0.4, -0.2) is 25.5 Å². The summed E-state index contributed by atoms with van der Waals surface area (Å²) in [7, 11) is 1.43. The second-order valence-corrected chi connectivity index (χ2v) is 4.29. The highest BCUT2D eigenvalue weighted by Crippen LogP contribution is 2.15. The van der Waals surface area contributed by atoms with E-state index in [1.165, 1.54) is 7.11 Å². The van der Waals surface area contributed by atoms with Crippen molar-refractivity contribution in [3.05, 3.63) is 54.0 Å². The van der Waals surface area contributed by atoms with E-state index in [0.29, 0.717) is 17.0 Å². The van der Waals surface area contributed by atoms with Crippen LogP contribution in [0.15, 0.2) is 47.1 Å². The van der Waals surface area contributed by atoms with Crippen molar-refractivity contribution in [3.63, 3.8) is 0 Å². The maximum atomic E-state index is 12.2.